The normalized spacial score (nSPS) is 25.4. The van der Waals surface area contributed by atoms with E-state index in [1.807, 2.05) is 50.2 Å². The number of anilines is 1. The van der Waals surface area contributed by atoms with Crippen LogP contribution in [-0.4, -0.2) is 41.2 Å². The molecule has 162 valence electrons. The molecule has 1 aliphatic carbocycles. The van der Waals surface area contributed by atoms with E-state index in [1.54, 1.807) is 19.2 Å². The summed E-state index contributed by atoms with van der Waals surface area (Å²) in [6.45, 7) is 3.86. The number of benzene rings is 1. The van der Waals surface area contributed by atoms with Crippen molar-refractivity contribution in [1.29, 1.82) is 0 Å². The van der Waals surface area contributed by atoms with E-state index in [0.717, 1.165) is 29.9 Å². The van der Waals surface area contributed by atoms with Gasteiger partial charge in [-0.2, -0.15) is 0 Å². The van der Waals surface area contributed by atoms with E-state index in [9.17, 15) is 13.2 Å². The molecule has 1 heterocycles. The van der Waals surface area contributed by atoms with Gasteiger partial charge in [-0.1, -0.05) is 32.8 Å². The number of Topliss-reactive ketones (excluding diaryl/α,β-unsaturated/α-hetero) is 1. The summed E-state index contributed by atoms with van der Waals surface area (Å²) in [5, 5.41) is 0. The van der Waals surface area contributed by atoms with E-state index < -0.39 is 15.3 Å². The minimum absolute atomic E-state index is 0.0805. The summed E-state index contributed by atoms with van der Waals surface area (Å²) in [7, 11) is 1.80. The maximum atomic E-state index is 13.9. The first-order valence-corrected chi connectivity index (χ1v) is 12.0. The summed E-state index contributed by atoms with van der Waals surface area (Å²) in [6.07, 6.45) is 8.43. The summed E-state index contributed by atoms with van der Waals surface area (Å²) >= 11 is 0. The molecule has 0 spiro atoms. The van der Waals surface area contributed by atoms with Gasteiger partial charge in [-0.15, -0.1) is 0 Å². The third-order valence-corrected chi connectivity index (χ3v) is 8.02. The number of carbonyl (C=O) groups is 1. The molecule has 0 amide bonds. The second-order valence-electron chi connectivity index (χ2n) is 8.58. The SMILES string of the molecule is CCCCC1(C)CS(=O)(=O)c2ccc(N(C)C)cc2/C(=C2/C=CC(OC)=CC2)C1=O. The van der Waals surface area contributed by atoms with Crippen molar-refractivity contribution in [1.82, 2.24) is 0 Å². The van der Waals surface area contributed by atoms with Crippen LogP contribution in [-0.2, 0) is 19.4 Å². The number of carbonyl (C=O) groups excluding carboxylic acids is 1. The third-order valence-electron chi connectivity index (χ3n) is 5.98. The molecule has 2 aliphatic rings. The molecule has 1 aliphatic heterocycles. The molecule has 0 N–H and O–H groups in total. The standard InChI is InChI=1S/C24H31NO4S/c1-6-7-14-24(2)16-30(27,28)21-13-10-18(25(3)4)15-20(21)22(23(24)26)17-8-11-19(29-5)12-9-17/h8,10-13,15H,6-7,9,14,16H2,1-5H3/b22-17+. The molecule has 0 saturated carbocycles. The predicted octanol–water partition coefficient (Wildman–Crippen LogP) is 4.55. The van der Waals surface area contributed by atoms with E-state index in [0.29, 0.717) is 24.0 Å². The molecule has 0 saturated heterocycles. The first-order chi connectivity index (χ1) is 14.1. The van der Waals surface area contributed by atoms with Crippen LogP contribution in [0.1, 0.15) is 45.1 Å². The molecule has 5 nitrogen and oxygen atoms in total. The molecule has 0 fully saturated rings. The van der Waals surface area contributed by atoms with Gasteiger partial charge >= 0.3 is 0 Å². The predicted molar refractivity (Wildman–Crippen MR) is 121 cm³/mol. The van der Waals surface area contributed by atoms with Crippen molar-refractivity contribution in [2.75, 3.05) is 31.9 Å². The molecule has 1 unspecified atom stereocenters. The van der Waals surface area contributed by atoms with E-state index >= 15 is 0 Å². The number of sulfone groups is 1. The second kappa shape index (κ2) is 8.42. The summed E-state index contributed by atoms with van der Waals surface area (Å²) in [6, 6.07) is 5.29. The number of ketones is 1. The van der Waals surface area contributed by atoms with Crippen molar-refractivity contribution in [3.63, 3.8) is 0 Å². The zero-order chi connectivity index (χ0) is 22.1. The number of fused-ring (bicyclic) bond motifs is 1. The Bertz CT molecular complexity index is 1050. The number of nitrogens with zero attached hydrogens (tertiary/aromatic N) is 1. The Kier molecular flexibility index (Phi) is 6.27. The Balaban J connectivity index is 2.31. The Morgan fingerprint density at radius 3 is 2.50 bits per heavy atom. The van der Waals surface area contributed by atoms with Gasteiger partial charge in [0.25, 0.3) is 0 Å². The highest BCUT2D eigenvalue weighted by atomic mass is 32.2. The van der Waals surface area contributed by atoms with Gasteiger partial charge in [0.05, 0.1) is 17.8 Å². The van der Waals surface area contributed by atoms with Crippen LogP contribution in [0.5, 0.6) is 0 Å². The van der Waals surface area contributed by atoms with Crippen LogP contribution >= 0.6 is 0 Å². The summed E-state index contributed by atoms with van der Waals surface area (Å²) in [5.74, 6) is 0.499. The average molecular weight is 430 g/mol. The van der Waals surface area contributed by atoms with E-state index in [-0.39, 0.29) is 16.4 Å². The van der Waals surface area contributed by atoms with Crippen molar-refractivity contribution in [2.24, 2.45) is 5.41 Å². The Morgan fingerprint density at radius 1 is 1.20 bits per heavy atom. The molecule has 6 heteroatoms. The Labute approximate surface area is 180 Å². The summed E-state index contributed by atoms with van der Waals surface area (Å²) in [5.41, 5.74) is 1.78. The lowest BCUT2D eigenvalue weighted by Gasteiger charge is -2.27. The number of hydrogen-bond acceptors (Lipinski definition) is 5. The van der Waals surface area contributed by atoms with Crippen LogP contribution < -0.4 is 4.90 Å². The van der Waals surface area contributed by atoms with Gasteiger partial charge in [0.15, 0.2) is 15.6 Å². The number of ether oxygens (including phenoxy) is 1. The third kappa shape index (κ3) is 4.10. The van der Waals surface area contributed by atoms with E-state index in [4.69, 9.17) is 4.74 Å². The van der Waals surface area contributed by atoms with E-state index in [2.05, 4.69) is 6.92 Å². The molecule has 1 aromatic carbocycles. The monoisotopic (exact) mass is 429 g/mol. The first-order valence-electron chi connectivity index (χ1n) is 10.4. The number of hydrogen-bond donors (Lipinski definition) is 0. The molecular formula is C24H31NO4S. The van der Waals surface area contributed by atoms with Gasteiger partial charge in [0, 0.05) is 36.3 Å². The molecule has 30 heavy (non-hydrogen) atoms. The fourth-order valence-electron chi connectivity index (χ4n) is 4.19. The fraction of sp³-hybridized carbons (Fsp3) is 0.458. The Morgan fingerprint density at radius 2 is 1.93 bits per heavy atom. The van der Waals surface area contributed by atoms with Crippen LogP contribution in [0, 0.1) is 5.41 Å². The molecule has 0 bridgehead atoms. The van der Waals surface area contributed by atoms with Crippen LogP contribution in [0.2, 0.25) is 0 Å². The number of rotatable bonds is 5. The van der Waals surface area contributed by atoms with Gasteiger partial charge in [-0.05, 0) is 48.8 Å². The van der Waals surface area contributed by atoms with Crippen LogP contribution in [0.15, 0.2) is 52.7 Å². The second-order valence-corrected chi connectivity index (χ2v) is 10.5. The van der Waals surface area contributed by atoms with Crippen molar-refractivity contribution >= 4 is 26.9 Å². The highest BCUT2D eigenvalue weighted by molar-refractivity contribution is 7.91. The van der Waals surface area contributed by atoms with Crippen molar-refractivity contribution in [3.8, 4) is 0 Å². The van der Waals surface area contributed by atoms with Gasteiger partial charge in [0.1, 0.15) is 5.76 Å². The maximum Gasteiger partial charge on any atom is 0.179 e. The Hall–Kier alpha value is -2.34. The summed E-state index contributed by atoms with van der Waals surface area (Å²) < 4.78 is 32.1. The van der Waals surface area contributed by atoms with Gasteiger partial charge in [-0.25, -0.2) is 8.42 Å². The van der Waals surface area contributed by atoms with Gasteiger partial charge in [-0.3, -0.25) is 4.79 Å². The lowest BCUT2D eigenvalue weighted by atomic mass is 9.76. The van der Waals surface area contributed by atoms with Crippen molar-refractivity contribution < 1.29 is 17.9 Å². The van der Waals surface area contributed by atoms with Gasteiger partial charge < -0.3 is 9.64 Å². The quantitative estimate of drug-likeness (QED) is 0.643. The van der Waals surface area contributed by atoms with Crippen LogP contribution in [0.3, 0.4) is 0 Å². The topological polar surface area (TPSA) is 63.7 Å². The summed E-state index contributed by atoms with van der Waals surface area (Å²) in [4.78, 5) is 16.1. The molecule has 1 atom stereocenters. The average Bonchev–Trinajstić information content (AvgIpc) is 2.78. The number of allylic oxidation sites excluding steroid dienone is 5. The smallest absolute Gasteiger partial charge is 0.179 e. The maximum absolute atomic E-state index is 13.9. The zero-order valence-electron chi connectivity index (χ0n) is 18.5. The molecule has 0 radical (unpaired) electrons. The van der Waals surface area contributed by atoms with Crippen molar-refractivity contribution in [3.05, 3.63) is 53.3 Å². The number of methoxy groups -OCH3 is 1. The molecule has 0 aromatic heterocycles. The lowest BCUT2D eigenvalue weighted by molar-refractivity contribution is -0.121. The van der Waals surface area contributed by atoms with Crippen molar-refractivity contribution in [2.45, 2.75) is 44.4 Å². The molecular weight excluding hydrogens is 398 g/mol. The largest absolute Gasteiger partial charge is 0.497 e. The fourth-order valence-corrected chi connectivity index (χ4v) is 6.23. The minimum atomic E-state index is -3.62. The highest BCUT2D eigenvalue weighted by Crippen LogP contribution is 2.44. The molecule has 3 rings (SSSR count). The van der Waals surface area contributed by atoms with Crippen LogP contribution in [0.25, 0.3) is 5.57 Å². The molecule has 1 aromatic rings. The first kappa shape index (κ1) is 22.3. The zero-order valence-corrected chi connectivity index (χ0v) is 19.3. The minimum Gasteiger partial charge on any atom is -0.497 e. The van der Waals surface area contributed by atoms with Gasteiger partial charge in [0.2, 0.25) is 0 Å². The van der Waals surface area contributed by atoms with Crippen LogP contribution in [0.4, 0.5) is 5.69 Å². The number of unbranched alkanes of at least 4 members (excludes halogenated alkanes) is 1. The van der Waals surface area contributed by atoms with E-state index in [1.165, 1.54) is 0 Å². The highest BCUT2D eigenvalue weighted by Gasteiger charge is 2.45. The lowest BCUT2D eigenvalue weighted by Crippen LogP contribution is -2.34.